The normalized spacial score (nSPS) is 16.1. The van der Waals surface area contributed by atoms with Gasteiger partial charge in [0.05, 0.1) is 16.5 Å². The first-order chi connectivity index (χ1) is 11.0. The molecule has 1 atom stereocenters. The maximum atomic E-state index is 12.3. The van der Waals surface area contributed by atoms with Crippen LogP contribution in [0.15, 0.2) is 23.0 Å². The predicted octanol–water partition coefficient (Wildman–Crippen LogP) is 3.42. The number of esters is 1. The van der Waals surface area contributed by atoms with E-state index in [2.05, 4.69) is 4.98 Å². The van der Waals surface area contributed by atoms with Gasteiger partial charge in [-0.1, -0.05) is 6.42 Å². The van der Waals surface area contributed by atoms with Crippen molar-refractivity contribution >= 4 is 29.1 Å². The van der Waals surface area contributed by atoms with E-state index in [0.717, 1.165) is 12.8 Å². The number of rotatable bonds is 4. The molecule has 1 heterocycles. The molecule has 1 aromatic carbocycles. The molecule has 0 aliphatic heterocycles. The van der Waals surface area contributed by atoms with Crippen molar-refractivity contribution in [1.29, 1.82) is 0 Å². The van der Waals surface area contributed by atoms with Crippen molar-refractivity contribution in [2.45, 2.75) is 45.8 Å². The van der Waals surface area contributed by atoms with E-state index in [1.807, 2.05) is 13.8 Å². The molecule has 122 valence electrons. The minimum absolute atomic E-state index is 0.0708. The highest BCUT2D eigenvalue weighted by Gasteiger charge is 2.27. The van der Waals surface area contributed by atoms with E-state index in [1.165, 1.54) is 11.0 Å². The van der Waals surface area contributed by atoms with Crippen molar-refractivity contribution in [3.05, 3.63) is 38.9 Å². The van der Waals surface area contributed by atoms with Gasteiger partial charge in [-0.15, -0.1) is 0 Å². The second kappa shape index (κ2) is 6.28. The number of carbonyl (C=O) groups is 1. The van der Waals surface area contributed by atoms with E-state index in [-0.39, 0.29) is 17.6 Å². The molecule has 0 saturated heterocycles. The van der Waals surface area contributed by atoms with E-state index in [9.17, 15) is 9.59 Å². The summed E-state index contributed by atoms with van der Waals surface area (Å²) in [5, 5.41) is 0.518. The fourth-order valence-corrected chi connectivity index (χ4v) is 3.23. The van der Waals surface area contributed by atoms with Gasteiger partial charge in [-0.25, -0.2) is 4.79 Å². The molecule has 5 nitrogen and oxygen atoms in total. The molecule has 0 bridgehead atoms. The minimum atomic E-state index is -0.356. The molecule has 23 heavy (non-hydrogen) atoms. The fourth-order valence-electron chi connectivity index (χ4n) is 2.91. The van der Waals surface area contributed by atoms with Crippen LogP contribution in [0, 0.1) is 10.7 Å². The third-order valence-electron chi connectivity index (χ3n) is 4.64. The van der Waals surface area contributed by atoms with Crippen molar-refractivity contribution in [1.82, 2.24) is 9.55 Å². The summed E-state index contributed by atoms with van der Waals surface area (Å²) in [6, 6.07) is 4.93. The Morgan fingerprint density at radius 2 is 2.22 bits per heavy atom. The van der Waals surface area contributed by atoms with Crippen LogP contribution in [0.3, 0.4) is 0 Å². The van der Waals surface area contributed by atoms with Gasteiger partial charge in [-0.3, -0.25) is 9.36 Å². The summed E-state index contributed by atoms with van der Waals surface area (Å²) in [4.78, 5) is 27.6. The number of aromatic nitrogens is 2. The Labute approximate surface area is 139 Å². The molecule has 1 aliphatic rings. The lowest BCUT2D eigenvalue weighted by molar-refractivity contribution is 0.00661. The van der Waals surface area contributed by atoms with E-state index >= 15 is 0 Å². The first-order valence-corrected chi connectivity index (χ1v) is 8.40. The van der Waals surface area contributed by atoms with E-state index in [4.69, 9.17) is 17.0 Å². The standard InChI is InChI=1S/C17H20N2O3S/c1-3-19-15(20)13-8-7-12(9-14(13)18-17(19)23)16(21)22-10(2)11-5-4-6-11/h7-11H,3-6H2,1-2H3,(H,18,23)/t10-/m0/s1. The zero-order valence-electron chi connectivity index (χ0n) is 13.3. The Kier molecular flexibility index (Phi) is 4.35. The zero-order chi connectivity index (χ0) is 16.6. The molecule has 1 N–H and O–H groups in total. The molecule has 1 aromatic heterocycles. The molecule has 2 aromatic rings. The van der Waals surface area contributed by atoms with Crippen LogP contribution in [0.1, 0.15) is 43.5 Å². The Balaban J connectivity index is 1.92. The summed E-state index contributed by atoms with van der Waals surface area (Å²) in [5.74, 6) is 0.118. The summed E-state index contributed by atoms with van der Waals surface area (Å²) in [6.45, 7) is 4.31. The number of benzene rings is 1. The number of ether oxygens (including phenoxy) is 1. The molecule has 3 rings (SSSR count). The van der Waals surface area contributed by atoms with Crippen molar-refractivity contribution < 1.29 is 9.53 Å². The smallest absolute Gasteiger partial charge is 0.338 e. The van der Waals surface area contributed by atoms with Gasteiger partial charge in [0.15, 0.2) is 4.77 Å². The minimum Gasteiger partial charge on any atom is -0.459 e. The number of H-pyrrole nitrogens is 1. The van der Waals surface area contributed by atoms with Gasteiger partial charge in [-0.05, 0) is 63.0 Å². The summed E-state index contributed by atoms with van der Waals surface area (Å²) >= 11 is 5.19. The number of nitrogens with zero attached hydrogens (tertiary/aromatic N) is 1. The molecule has 0 amide bonds. The molecule has 0 unspecified atom stereocenters. The summed E-state index contributed by atoms with van der Waals surface area (Å²) in [6.07, 6.45) is 3.38. The van der Waals surface area contributed by atoms with Crippen LogP contribution in [0.2, 0.25) is 0 Å². The van der Waals surface area contributed by atoms with Crippen LogP contribution >= 0.6 is 12.2 Å². The summed E-state index contributed by atoms with van der Waals surface area (Å²) in [7, 11) is 0. The molecule has 6 heteroatoms. The number of nitrogens with one attached hydrogen (secondary N) is 1. The third-order valence-corrected chi connectivity index (χ3v) is 4.96. The Morgan fingerprint density at radius 1 is 1.48 bits per heavy atom. The monoisotopic (exact) mass is 332 g/mol. The first-order valence-electron chi connectivity index (χ1n) is 7.99. The number of aromatic amines is 1. The van der Waals surface area contributed by atoms with E-state index in [0.29, 0.717) is 33.7 Å². The Bertz CT molecular complexity index is 864. The lowest BCUT2D eigenvalue weighted by Crippen LogP contribution is -2.29. The van der Waals surface area contributed by atoms with Crippen molar-refractivity contribution in [3.8, 4) is 0 Å². The quantitative estimate of drug-likeness (QED) is 0.688. The van der Waals surface area contributed by atoms with Crippen LogP contribution < -0.4 is 5.56 Å². The number of carbonyl (C=O) groups excluding carboxylic acids is 1. The molecule has 1 fully saturated rings. The van der Waals surface area contributed by atoms with Gasteiger partial charge in [0.2, 0.25) is 0 Å². The van der Waals surface area contributed by atoms with E-state index in [1.54, 1.807) is 18.2 Å². The van der Waals surface area contributed by atoms with E-state index < -0.39 is 0 Å². The highest BCUT2D eigenvalue weighted by atomic mass is 32.1. The van der Waals surface area contributed by atoms with Crippen LogP contribution in [-0.2, 0) is 11.3 Å². The summed E-state index contributed by atoms with van der Waals surface area (Å²) in [5.41, 5.74) is 0.854. The largest absolute Gasteiger partial charge is 0.459 e. The van der Waals surface area contributed by atoms with Crippen molar-refractivity contribution in [2.75, 3.05) is 0 Å². The molecular weight excluding hydrogens is 312 g/mol. The molecule has 0 spiro atoms. The maximum Gasteiger partial charge on any atom is 0.338 e. The van der Waals surface area contributed by atoms with Crippen LogP contribution in [0.4, 0.5) is 0 Å². The maximum absolute atomic E-state index is 12.3. The number of hydrogen-bond donors (Lipinski definition) is 1. The van der Waals surface area contributed by atoms with Gasteiger partial charge >= 0.3 is 5.97 Å². The first kappa shape index (κ1) is 15.9. The lowest BCUT2D eigenvalue weighted by atomic mass is 9.82. The second-order valence-corrected chi connectivity index (χ2v) is 6.43. The second-order valence-electron chi connectivity index (χ2n) is 6.04. The highest BCUT2D eigenvalue weighted by molar-refractivity contribution is 7.71. The summed E-state index contributed by atoms with van der Waals surface area (Å²) < 4.78 is 7.39. The average Bonchev–Trinajstić information content (AvgIpc) is 2.45. The molecular formula is C17H20N2O3S. The average molecular weight is 332 g/mol. The Morgan fingerprint density at radius 3 is 2.83 bits per heavy atom. The SMILES string of the molecule is CCn1c(=S)[nH]c2cc(C(=O)O[C@@H](C)C3CCC3)ccc2c1=O. The fraction of sp³-hybridized carbons (Fsp3) is 0.471. The van der Waals surface area contributed by atoms with Crippen molar-refractivity contribution in [2.24, 2.45) is 5.92 Å². The lowest BCUT2D eigenvalue weighted by Gasteiger charge is -2.30. The molecule has 0 radical (unpaired) electrons. The van der Waals surface area contributed by atoms with Gasteiger partial charge in [0, 0.05) is 6.54 Å². The van der Waals surface area contributed by atoms with Crippen LogP contribution in [0.5, 0.6) is 0 Å². The van der Waals surface area contributed by atoms with Crippen LogP contribution in [0.25, 0.3) is 10.9 Å². The van der Waals surface area contributed by atoms with Gasteiger partial charge in [-0.2, -0.15) is 0 Å². The molecule has 1 aliphatic carbocycles. The number of hydrogen-bond acceptors (Lipinski definition) is 4. The predicted molar refractivity (Wildman–Crippen MR) is 91.3 cm³/mol. The number of fused-ring (bicyclic) bond motifs is 1. The molecule has 1 saturated carbocycles. The van der Waals surface area contributed by atoms with Crippen LogP contribution in [-0.4, -0.2) is 21.6 Å². The van der Waals surface area contributed by atoms with Crippen molar-refractivity contribution in [3.63, 3.8) is 0 Å². The Hall–Kier alpha value is -1.95. The van der Waals surface area contributed by atoms with Gasteiger partial charge < -0.3 is 9.72 Å². The third kappa shape index (κ3) is 2.95. The van der Waals surface area contributed by atoms with Gasteiger partial charge in [0.1, 0.15) is 6.10 Å². The zero-order valence-corrected chi connectivity index (χ0v) is 14.1. The topological polar surface area (TPSA) is 64.1 Å². The highest BCUT2D eigenvalue weighted by Crippen LogP contribution is 2.31. The van der Waals surface area contributed by atoms with Gasteiger partial charge in [0.25, 0.3) is 5.56 Å².